The number of aromatic nitrogens is 1. The maximum absolute atomic E-state index is 13.4. The lowest BCUT2D eigenvalue weighted by molar-refractivity contribution is 0.320. The molecular weight excluding hydrogens is 533 g/mol. The summed E-state index contributed by atoms with van der Waals surface area (Å²) in [5, 5.41) is 6.34. The van der Waals surface area contributed by atoms with E-state index >= 15 is 0 Å². The third-order valence-electron chi connectivity index (χ3n) is 6.19. The molecule has 5 rings (SSSR count). The van der Waals surface area contributed by atoms with Crippen LogP contribution in [0.5, 0.6) is 0 Å². The standard InChI is InChI=1S/C27H25ClFN3O3S2/c1-17-23-14-19(28)8-11-26(23)36-27(17)37(33,34)31-21-6-3-5-18(13-21)16-32(2)12-4-7-24-22-10-9-20(29)15-25(22)35-30-24/h3,5-6,8-11,13-15,31H,4,7,12,16H2,1-2H3. The van der Waals surface area contributed by atoms with Crippen molar-refractivity contribution in [1.29, 1.82) is 0 Å². The normalized spacial score (nSPS) is 12.1. The van der Waals surface area contributed by atoms with Crippen LogP contribution in [0, 0.1) is 12.7 Å². The fraction of sp³-hybridized carbons (Fsp3) is 0.222. The van der Waals surface area contributed by atoms with Crippen LogP contribution in [0.3, 0.4) is 0 Å². The highest BCUT2D eigenvalue weighted by Crippen LogP contribution is 2.36. The Bertz CT molecular complexity index is 1700. The van der Waals surface area contributed by atoms with Crippen LogP contribution in [0.1, 0.15) is 23.2 Å². The van der Waals surface area contributed by atoms with Gasteiger partial charge in [-0.3, -0.25) is 4.72 Å². The molecular formula is C27H25ClFN3O3S2. The number of hydrogen-bond donors (Lipinski definition) is 1. The third kappa shape index (κ3) is 5.65. The molecule has 0 aliphatic heterocycles. The molecule has 0 aliphatic rings. The largest absolute Gasteiger partial charge is 0.356 e. The molecule has 6 nitrogen and oxygen atoms in total. The maximum Gasteiger partial charge on any atom is 0.271 e. The van der Waals surface area contributed by atoms with E-state index in [0.717, 1.165) is 39.7 Å². The van der Waals surface area contributed by atoms with Crippen molar-refractivity contribution >= 4 is 59.7 Å². The molecule has 0 unspecified atom stereocenters. The van der Waals surface area contributed by atoms with Crippen LogP contribution >= 0.6 is 22.9 Å². The van der Waals surface area contributed by atoms with Crippen molar-refractivity contribution in [2.24, 2.45) is 0 Å². The smallest absolute Gasteiger partial charge is 0.271 e. The fourth-order valence-corrected chi connectivity index (χ4v) is 7.38. The summed E-state index contributed by atoms with van der Waals surface area (Å²) in [6.07, 6.45) is 1.56. The summed E-state index contributed by atoms with van der Waals surface area (Å²) in [5.74, 6) is -0.344. The molecule has 5 aromatic rings. The van der Waals surface area contributed by atoms with Gasteiger partial charge in [-0.25, -0.2) is 12.8 Å². The highest BCUT2D eigenvalue weighted by Gasteiger charge is 2.22. The van der Waals surface area contributed by atoms with Gasteiger partial charge in [0.15, 0.2) is 5.58 Å². The Labute approximate surface area is 223 Å². The average Bonchev–Trinajstić information content (AvgIpc) is 3.39. The van der Waals surface area contributed by atoms with E-state index in [-0.39, 0.29) is 10.0 Å². The Hall–Kier alpha value is -2.98. The van der Waals surface area contributed by atoms with Gasteiger partial charge >= 0.3 is 0 Å². The molecule has 2 heterocycles. The molecule has 37 heavy (non-hydrogen) atoms. The van der Waals surface area contributed by atoms with E-state index in [4.69, 9.17) is 16.1 Å². The summed E-state index contributed by atoms with van der Waals surface area (Å²) >= 11 is 7.34. The van der Waals surface area contributed by atoms with Gasteiger partial charge < -0.3 is 9.42 Å². The van der Waals surface area contributed by atoms with Gasteiger partial charge in [-0.05, 0) is 92.3 Å². The number of hydrogen-bond acceptors (Lipinski definition) is 6. The molecule has 0 aliphatic carbocycles. The molecule has 0 fully saturated rings. The number of rotatable bonds is 9. The van der Waals surface area contributed by atoms with Crippen molar-refractivity contribution < 1.29 is 17.3 Å². The first-order chi connectivity index (χ1) is 17.7. The van der Waals surface area contributed by atoms with Crippen molar-refractivity contribution in [3.05, 3.63) is 88.3 Å². The van der Waals surface area contributed by atoms with E-state index in [1.165, 1.54) is 23.5 Å². The summed E-state index contributed by atoms with van der Waals surface area (Å²) < 4.78 is 48.9. The Morgan fingerprint density at radius 3 is 2.78 bits per heavy atom. The second kappa shape index (κ2) is 10.4. The van der Waals surface area contributed by atoms with Crippen LogP contribution in [0.25, 0.3) is 21.1 Å². The SMILES string of the molecule is Cc1c(S(=O)(=O)Nc2cccc(CN(C)CCCc3noc4cc(F)ccc34)c2)sc2ccc(Cl)cc12. The second-order valence-corrected chi connectivity index (χ2v) is 12.4. The molecule has 3 aromatic carbocycles. The molecule has 0 saturated carbocycles. The lowest BCUT2D eigenvalue weighted by Gasteiger charge is -2.17. The number of nitrogens with zero attached hydrogens (tertiary/aromatic N) is 2. The quantitative estimate of drug-likeness (QED) is 0.211. The number of benzene rings is 3. The first-order valence-electron chi connectivity index (χ1n) is 11.7. The van der Waals surface area contributed by atoms with Crippen LogP contribution < -0.4 is 4.72 Å². The first-order valence-corrected chi connectivity index (χ1v) is 14.4. The number of anilines is 1. The predicted octanol–water partition coefficient (Wildman–Crippen LogP) is 7.01. The lowest BCUT2D eigenvalue weighted by Crippen LogP contribution is -2.20. The molecule has 0 radical (unpaired) electrons. The van der Waals surface area contributed by atoms with Crippen molar-refractivity contribution in [1.82, 2.24) is 10.1 Å². The molecule has 0 amide bonds. The average molecular weight is 558 g/mol. The van der Waals surface area contributed by atoms with Crippen molar-refractivity contribution in [3.63, 3.8) is 0 Å². The molecule has 10 heteroatoms. The van der Waals surface area contributed by atoms with Gasteiger partial charge in [-0.2, -0.15) is 0 Å². The minimum atomic E-state index is -3.75. The van der Waals surface area contributed by atoms with Crippen LogP contribution in [-0.4, -0.2) is 32.1 Å². The highest BCUT2D eigenvalue weighted by molar-refractivity contribution is 7.94. The molecule has 2 aromatic heterocycles. The van der Waals surface area contributed by atoms with Crippen LogP contribution in [-0.2, 0) is 23.0 Å². The van der Waals surface area contributed by atoms with Crippen molar-refractivity contribution in [3.8, 4) is 0 Å². The third-order valence-corrected chi connectivity index (χ3v) is 9.70. The van der Waals surface area contributed by atoms with Gasteiger partial charge in [0.2, 0.25) is 0 Å². The van der Waals surface area contributed by atoms with E-state index in [0.29, 0.717) is 34.8 Å². The summed E-state index contributed by atoms with van der Waals surface area (Å²) in [4.78, 5) is 2.16. The van der Waals surface area contributed by atoms with Crippen molar-refractivity contribution in [2.75, 3.05) is 18.3 Å². The Morgan fingerprint density at radius 2 is 1.95 bits per heavy atom. The number of fused-ring (bicyclic) bond motifs is 2. The Morgan fingerprint density at radius 1 is 1.11 bits per heavy atom. The number of halogens is 2. The summed E-state index contributed by atoms with van der Waals surface area (Å²) in [6.45, 7) is 3.26. The number of thiophene rings is 1. The zero-order valence-corrected chi connectivity index (χ0v) is 22.7. The molecule has 0 saturated heterocycles. The zero-order valence-electron chi connectivity index (χ0n) is 20.3. The molecule has 0 spiro atoms. The molecule has 1 N–H and O–H groups in total. The molecule has 0 bridgehead atoms. The molecule has 192 valence electrons. The summed E-state index contributed by atoms with van der Waals surface area (Å²) in [6, 6.07) is 17.3. The van der Waals surface area contributed by atoms with Gasteiger partial charge in [0.1, 0.15) is 10.0 Å². The second-order valence-electron chi connectivity index (χ2n) is 9.07. The van der Waals surface area contributed by atoms with E-state index in [9.17, 15) is 12.8 Å². The van der Waals surface area contributed by atoms with Gasteiger partial charge in [0.05, 0.1) is 5.69 Å². The fourth-order valence-electron chi connectivity index (χ4n) is 4.41. The van der Waals surface area contributed by atoms with Gasteiger partial charge in [0, 0.05) is 33.4 Å². The van der Waals surface area contributed by atoms with E-state index < -0.39 is 10.0 Å². The predicted molar refractivity (Wildman–Crippen MR) is 147 cm³/mol. The summed E-state index contributed by atoms with van der Waals surface area (Å²) in [7, 11) is -1.74. The van der Waals surface area contributed by atoms with Gasteiger partial charge in [-0.1, -0.05) is 28.9 Å². The van der Waals surface area contributed by atoms with Crippen LogP contribution in [0.2, 0.25) is 5.02 Å². The minimum Gasteiger partial charge on any atom is -0.356 e. The minimum absolute atomic E-state index is 0.287. The van der Waals surface area contributed by atoms with Crippen LogP contribution in [0.15, 0.2) is 69.4 Å². The van der Waals surface area contributed by atoms with Crippen molar-refractivity contribution in [2.45, 2.75) is 30.5 Å². The number of nitrogens with one attached hydrogen (secondary N) is 1. The van der Waals surface area contributed by atoms with E-state index in [1.807, 2.05) is 31.3 Å². The topological polar surface area (TPSA) is 75.4 Å². The van der Waals surface area contributed by atoms with Gasteiger partial charge in [-0.15, -0.1) is 11.3 Å². The van der Waals surface area contributed by atoms with E-state index in [1.54, 1.807) is 31.2 Å². The number of aryl methyl sites for hydroxylation is 2. The Balaban J connectivity index is 1.22. The number of sulfonamides is 1. The molecule has 0 atom stereocenters. The zero-order chi connectivity index (χ0) is 26.2. The maximum atomic E-state index is 13.4. The lowest BCUT2D eigenvalue weighted by atomic mass is 10.1. The first kappa shape index (κ1) is 25.7. The Kier molecular flexibility index (Phi) is 7.22. The van der Waals surface area contributed by atoms with Crippen LogP contribution in [0.4, 0.5) is 10.1 Å². The van der Waals surface area contributed by atoms with E-state index in [2.05, 4.69) is 14.8 Å². The monoisotopic (exact) mass is 557 g/mol. The highest BCUT2D eigenvalue weighted by atomic mass is 35.5. The van der Waals surface area contributed by atoms with Gasteiger partial charge in [0.25, 0.3) is 10.0 Å². The summed E-state index contributed by atoms with van der Waals surface area (Å²) in [5.41, 5.74) is 3.47.